The Kier molecular flexibility index (Phi) is 24.8. The van der Waals surface area contributed by atoms with Crippen LogP contribution in [0.3, 0.4) is 0 Å². The summed E-state index contributed by atoms with van der Waals surface area (Å²) in [6, 6.07) is 12.5. The van der Waals surface area contributed by atoms with Crippen LogP contribution in [0.15, 0.2) is 64.6 Å². The van der Waals surface area contributed by atoms with Crippen LogP contribution in [-0.4, -0.2) is 191 Å². The van der Waals surface area contributed by atoms with Gasteiger partial charge in [0.1, 0.15) is 30.5 Å². The average Bonchev–Trinajstić information content (AvgIpc) is 1.81. The van der Waals surface area contributed by atoms with Crippen LogP contribution in [0.4, 0.5) is 13.2 Å². The van der Waals surface area contributed by atoms with Crippen molar-refractivity contribution in [2.75, 3.05) is 40.9 Å². The number of aliphatic hydroxyl groups is 5. The molecule has 3 aliphatic rings. The number of likely N-dealkylation sites (N-methyl/N-ethyl adjacent to an activating group) is 1. The van der Waals surface area contributed by atoms with E-state index in [2.05, 4.69) is 20.3 Å². The summed E-state index contributed by atoms with van der Waals surface area (Å²) >= 11 is 0. The number of carbonyl (C=O) groups excluding carboxylic acids is 2. The van der Waals surface area contributed by atoms with Gasteiger partial charge in [-0.15, -0.1) is 0 Å². The van der Waals surface area contributed by atoms with Crippen molar-refractivity contribution in [3.05, 3.63) is 65.9 Å². The molecule has 6 rings (SSSR count). The molecule has 3 aliphatic heterocycles. The predicted octanol–water partition coefficient (Wildman–Crippen LogP) is 6.42. The lowest BCUT2D eigenvalue weighted by molar-refractivity contribution is -0.317. The summed E-state index contributed by atoms with van der Waals surface area (Å²) in [4.78, 5) is 34.9. The maximum Gasteiger partial charge on any atom is 0.435 e. The molecule has 88 heavy (non-hydrogen) atoms. The zero-order valence-electron chi connectivity index (χ0n) is 53.2. The summed E-state index contributed by atoms with van der Waals surface area (Å²) in [6.07, 6.45) is -12.7. The number of alkyl halides is 3. The van der Waals surface area contributed by atoms with Gasteiger partial charge < -0.3 is 69.0 Å². The smallest absolute Gasteiger partial charge is 0.435 e. The number of nitrogens with zero attached hydrogens (tertiary/aromatic N) is 4. The number of benzene rings is 2. The molecule has 18 atom stereocenters. The lowest BCUT2D eigenvalue weighted by atomic mass is 9.73. The van der Waals surface area contributed by atoms with Gasteiger partial charge in [0.05, 0.1) is 76.2 Å². The Bertz CT molecular complexity index is 2900. The topological polar surface area (TPSA) is 292 Å². The minimum Gasteiger partial charge on any atom is -0.459 e. The zero-order valence-corrected chi connectivity index (χ0v) is 54.0. The van der Waals surface area contributed by atoms with E-state index in [1.807, 2.05) is 32.8 Å². The Morgan fingerprint density at radius 1 is 0.898 bits per heavy atom. The fourth-order valence-electron chi connectivity index (χ4n) is 12.3. The number of ether oxygens (including phenoxy) is 6. The first kappa shape index (κ1) is 72.4. The van der Waals surface area contributed by atoms with Gasteiger partial charge in [-0.2, -0.15) is 18.3 Å². The number of aryl methyl sites for hydroxylation is 1. The van der Waals surface area contributed by atoms with Gasteiger partial charge in [-0.3, -0.25) is 9.59 Å². The van der Waals surface area contributed by atoms with Crippen LogP contribution in [-0.2, 0) is 59.0 Å². The third kappa shape index (κ3) is 17.7. The molecule has 0 bridgehead atoms. The molecule has 1 amide bonds. The largest absolute Gasteiger partial charge is 0.459 e. The van der Waals surface area contributed by atoms with Crippen LogP contribution in [0.5, 0.6) is 0 Å². The molecule has 7 N–H and O–H groups in total. The molecule has 22 nitrogen and oxygen atoms in total. The number of oxime groups is 1. The van der Waals surface area contributed by atoms with Crippen molar-refractivity contribution in [2.24, 2.45) is 28.8 Å². The number of sulfonamides is 1. The van der Waals surface area contributed by atoms with Crippen LogP contribution in [0.1, 0.15) is 132 Å². The highest BCUT2D eigenvalue weighted by atomic mass is 32.2. The molecular weight excluding hydrogens is 1170 g/mol. The summed E-state index contributed by atoms with van der Waals surface area (Å²) in [5, 5.41) is 71.2. The minimum atomic E-state index is -4.72. The number of esters is 1. The zero-order chi connectivity index (χ0) is 65.4. The summed E-state index contributed by atoms with van der Waals surface area (Å²) in [7, 11) is 0.938. The van der Waals surface area contributed by atoms with Crippen LogP contribution in [0, 0.1) is 30.6 Å². The molecule has 3 saturated heterocycles. The second kappa shape index (κ2) is 30.2. The number of carbonyl (C=O) groups is 2. The van der Waals surface area contributed by atoms with Crippen molar-refractivity contribution in [2.45, 2.75) is 223 Å². The lowest BCUT2D eigenvalue weighted by Crippen LogP contribution is -2.61. The van der Waals surface area contributed by atoms with E-state index in [4.69, 9.17) is 33.3 Å². The minimum absolute atomic E-state index is 0.0485. The summed E-state index contributed by atoms with van der Waals surface area (Å²) < 4.78 is 109. The molecule has 496 valence electrons. The Balaban J connectivity index is 1.12. The Labute approximate surface area is 515 Å². The first-order valence-electron chi connectivity index (χ1n) is 30.4. The number of aliphatic hydroxyl groups excluding tert-OH is 3. The van der Waals surface area contributed by atoms with Gasteiger partial charge in [-0.05, 0) is 131 Å². The molecule has 2 aromatic carbocycles. The van der Waals surface area contributed by atoms with Crippen LogP contribution >= 0.6 is 0 Å². The van der Waals surface area contributed by atoms with Crippen molar-refractivity contribution >= 4 is 27.6 Å². The van der Waals surface area contributed by atoms with E-state index in [0.717, 1.165) is 16.3 Å². The second-order valence-corrected chi connectivity index (χ2v) is 27.0. The monoisotopic (exact) mass is 1270 g/mol. The summed E-state index contributed by atoms with van der Waals surface area (Å²) in [5.74, 6) is -5.04. The number of amides is 1. The normalized spacial score (nSPS) is 34.5. The van der Waals surface area contributed by atoms with Gasteiger partial charge in [0.25, 0.3) is 0 Å². The quantitative estimate of drug-likeness (QED) is 0.0344. The third-order valence-electron chi connectivity index (χ3n) is 17.7. The van der Waals surface area contributed by atoms with Gasteiger partial charge in [-0.1, -0.05) is 69.1 Å². The van der Waals surface area contributed by atoms with Crippen LogP contribution in [0.2, 0.25) is 0 Å². The van der Waals surface area contributed by atoms with Gasteiger partial charge >= 0.3 is 12.1 Å². The Hall–Kier alpha value is -4.68. The number of aromatic nitrogens is 2. The van der Waals surface area contributed by atoms with Crippen LogP contribution < -0.4 is 10.0 Å². The molecule has 4 heterocycles. The number of hydrogen-bond donors (Lipinski definition) is 7. The predicted molar refractivity (Wildman–Crippen MR) is 320 cm³/mol. The van der Waals surface area contributed by atoms with Crippen molar-refractivity contribution in [3.63, 3.8) is 0 Å². The van der Waals surface area contributed by atoms with E-state index in [9.17, 15) is 56.7 Å². The van der Waals surface area contributed by atoms with E-state index in [1.54, 1.807) is 79.7 Å². The van der Waals surface area contributed by atoms with E-state index < -0.39 is 136 Å². The molecule has 26 heteroatoms. The SMILES string of the molecule is CC[C@H]1OC(=O)[C@H](C)[C@@H](O[C@H]2C[C@@](C)(OC)[C@@H](O)[C@H](C)O2)[C@H](C)[C@@H](O[C@@H]2O[C@H](C)C[C@H](N(C)C)[C@H]2O)[C@](C)(O)C[C@@H](C)C(=NOCCCCCCNC(=O)CNS(=O)(=O)c2ccc(-n3nc(C(F)(F)F)cc3-c3ccc(C)cc3)cc2)[C@H](C)[C@@H](O)[C@]1(C)O. The second-order valence-electron chi connectivity index (χ2n) is 25.2. The van der Waals surface area contributed by atoms with Gasteiger partial charge in [0.15, 0.2) is 18.3 Å². The molecule has 0 spiro atoms. The first-order valence-corrected chi connectivity index (χ1v) is 31.9. The number of halogens is 3. The van der Waals surface area contributed by atoms with Crippen molar-refractivity contribution in [3.8, 4) is 16.9 Å². The van der Waals surface area contributed by atoms with Crippen LogP contribution in [0.25, 0.3) is 16.9 Å². The lowest BCUT2D eigenvalue weighted by Gasteiger charge is -2.49. The number of methoxy groups -OCH3 is 1. The van der Waals surface area contributed by atoms with Crippen molar-refractivity contribution < 1.29 is 90.0 Å². The molecule has 3 aromatic rings. The van der Waals surface area contributed by atoms with Gasteiger partial charge in [0, 0.05) is 49.4 Å². The number of rotatable bonds is 21. The average molecular weight is 1270 g/mol. The summed E-state index contributed by atoms with van der Waals surface area (Å²) in [6.45, 7) is 18.3. The molecule has 3 fully saturated rings. The highest BCUT2D eigenvalue weighted by Crippen LogP contribution is 2.42. The number of hydrogen-bond acceptors (Lipinski definition) is 19. The van der Waals surface area contributed by atoms with E-state index in [-0.39, 0.29) is 66.5 Å². The first-order chi connectivity index (χ1) is 41.1. The fraction of sp³-hybridized carbons (Fsp3) is 0.710. The fourth-order valence-corrected chi connectivity index (χ4v) is 13.3. The van der Waals surface area contributed by atoms with E-state index in [0.29, 0.717) is 37.7 Å². The maximum absolute atomic E-state index is 14.6. The number of cyclic esters (lactones) is 1. The molecule has 0 radical (unpaired) electrons. The van der Waals surface area contributed by atoms with Gasteiger partial charge in [0.2, 0.25) is 15.9 Å². The molecular formula is C62H95F3N6O16S. The van der Waals surface area contributed by atoms with E-state index >= 15 is 0 Å². The van der Waals surface area contributed by atoms with Crippen molar-refractivity contribution in [1.82, 2.24) is 24.7 Å². The number of unbranched alkanes of at least 4 members (excludes halogenated alkanes) is 3. The molecule has 1 aromatic heterocycles. The Morgan fingerprint density at radius 2 is 1.55 bits per heavy atom. The highest BCUT2D eigenvalue weighted by molar-refractivity contribution is 7.89. The molecule has 0 aliphatic carbocycles. The molecule has 0 saturated carbocycles. The van der Waals surface area contributed by atoms with Gasteiger partial charge in [-0.25, -0.2) is 17.8 Å². The Morgan fingerprint density at radius 3 is 2.16 bits per heavy atom. The summed E-state index contributed by atoms with van der Waals surface area (Å²) in [5.41, 5.74) is -4.11. The van der Waals surface area contributed by atoms with Crippen molar-refractivity contribution in [1.29, 1.82) is 0 Å². The number of nitrogens with one attached hydrogen (secondary N) is 2. The standard InChI is InChI=1S/C62H95F3N6O16S/c1-15-48-61(11,78)54(74)38(5)51(69-82-29-19-17-16-18-28-66-49(72)34-67-88(79,80)44-26-24-43(25-27-44)71-45(31-47(68-71)62(63,64)65)42-22-20-35(2)21-23-42)36(3)32-59(9,77)56(87-58-52(73)46(70(12)13)30-37(4)83-58)39(6)53(40(7)57(76)85-48)86-50-33-60(10,81-14)55(75)41(8)84-50/h20-27,31,36-41,46,48,50,52-56,58,67,73-75,77-78H,15-19,28-30,32-34H2,1-14H3,(H,66,72)/t36-,37-,38+,39+,40-,41+,46+,48-,50+,52-,53+,54-,55+,56-,58+,59-,60-,61-/m1/s1. The third-order valence-corrected chi connectivity index (χ3v) is 19.1. The highest BCUT2D eigenvalue weighted by Gasteiger charge is 2.54. The molecule has 0 unspecified atom stereocenters. The van der Waals surface area contributed by atoms with E-state index in [1.165, 1.54) is 38.3 Å². The maximum atomic E-state index is 14.6.